The van der Waals surface area contributed by atoms with Crippen molar-refractivity contribution in [3.05, 3.63) is 53.3 Å². The van der Waals surface area contributed by atoms with E-state index in [0.717, 1.165) is 18.5 Å². The molecule has 0 unspecified atom stereocenters. The number of nitrogens with zero attached hydrogens (tertiary/aromatic N) is 1. The second kappa shape index (κ2) is 8.43. The molecule has 0 bridgehead atoms. The zero-order chi connectivity index (χ0) is 19.6. The summed E-state index contributed by atoms with van der Waals surface area (Å²) in [5, 5.41) is 0. The zero-order valence-corrected chi connectivity index (χ0v) is 17.3. The first kappa shape index (κ1) is 19.9. The Labute approximate surface area is 163 Å². The van der Waals surface area contributed by atoms with Gasteiger partial charge in [0.1, 0.15) is 11.6 Å². The van der Waals surface area contributed by atoms with Gasteiger partial charge in [0, 0.05) is 24.2 Å². The fourth-order valence-electron chi connectivity index (χ4n) is 4.23. The molecule has 1 aliphatic rings. The molecule has 1 saturated heterocycles. The molecule has 1 heterocycles. The molecule has 0 saturated carbocycles. The summed E-state index contributed by atoms with van der Waals surface area (Å²) in [6.45, 7) is 9.93. The van der Waals surface area contributed by atoms with Crippen LogP contribution in [0, 0.1) is 11.7 Å². The van der Waals surface area contributed by atoms with Crippen LogP contribution in [0.4, 0.5) is 4.39 Å². The van der Waals surface area contributed by atoms with Gasteiger partial charge in [-0.1, -0.05) is 32.0 Å². The zero-order valence-electron chi connectivity index (χ0n) is 17.3. The van der Waals surface area contributed by atoms with Gasteiger partial charge in [0.2, 0.25) is 0 Å². The van der Waals surface area contributed by atoms with Gasteiger partial charge in [-0.3, -0.25) is 4.90 Å². The van der Waals surface area contributed by atoms with Crippen LogP contribution in [-0.2, 0) is 13.0 Å². The number of benzene rings is 2. The van der Waals surface area contributed by atoms with Crippen molar-refractivity contribution in [2.75, 3.05) is 7.11 Å². The van der Waals surface area contributed by atoms with Crippen molar-refractivity contribution in [1.29, 1.82) is 0 Å². The number of halogens is 1. The number of methoxy groups -OCH3 is 1. The Hall–Kier alpha value is -1.87. The molecule has 0 radical (unpaired) electrons. The minimum atomic E-state index is -0.198. The van der Waals surface area contributed by atoms with Crippen LogP contribution in [0.25, 0.3) is 11.1 Å². The van der Waals surface area contributed by atoms with Gasteiger partial charge in [0.15, 0.2) is 0 Å². The summed E-state index contributed by atoms with van der Waals surface area (Å²) in [6.07, 6.45) is 3.50. The van der Waals surface area contributed by atoms with E-state index in [9.17, 15) is 4.39 Å². The molecule has 3 rings (SSSR count). The quantitative estimate of drug-likeness (QED) is 0.612. The molecule has 0 amide bonds. The van der Waals surface area contributed by atoms with Crippen LogP contribution in [0.1, 0.15) is 51.7 Å². The molecular formula is C24H32FNO. The Morgan fingerprint density at radius 2 is 1.74 bits per heavy atom. The number of hydrogen-bond donors (Lipinski definition) is 0. The van der Waals surface area contributed by atoms with E-state index < -0.39 is 0 Å². The van der Waals surface area contributed by atoms with E-state index in [4.69, 9.17) is 4.74 Å². The van der Waals surface area contributed by atoms with Crippen LogP contribution >= 0.6 is 0 Å². The molecule has 2 aromatic carbocycles. The first-order valence-electron chi connectivity index (χ1n) is 10.1. The third kappa shape index (κ3) is 4.52. The van der Waals surface area contributed by atoms with Crippen LogP contribution in [0.5, 0.6) is 5.75 Å². The predicted octanol–water partition coefficient (Wildman–Crippen LogP) is 6.07. The molecule has 0 aromatic heterocycles. The highest BCUT2D eigenvalue weighted by Gasteiger charge is 2.28. The van der Waals surface area contributed by atoms with E-state index in [2.05, 4.69) is 50.8 Å². The third-order valence-electron chi connectivity index (χ3n) is 5.76. The van der Waals surface area contributed by atoms with Gasteiger partial charge in [-0.25, -0.2) is 4.39 Å². The van der Waals surface area contributed by atoms with Crippen molar-refractivity contribution in [3.8, 4) is 16.9 Å². The molecule has 0 aliphatic carbocycles. The summed E-state index contributed by atoms with van der Waals surface area (Å²) < 4.78 is 20.0. The van der Waals surface area contributed by atoms with Crippen molar-refractivity contribution in [2.45, 2.75) is 65.6 Å². The van der Waals surface area contributed by atoms with Crippen molar-refractivity contribution < 1.29 is 9.13 Å². The summed E-state index contributed by atoms with van der Waals surface area (Å²) >= 11 is 0. The van der Waals surface area contributed by atoms with E-state index in [0.29, 0.717) is 29.3 Å². The molecule has 1 aliphatic heterocycles. The Balaban J connectivity index is 2.04. The van der Waals surface area contributed by atoms with E-state index in [1.165, 1.54) is 30.0 Å². The average Bonchev–Trinajstić information content (AvgIpc) is 2.94. The van der Waals surface area contributed by atoms with Crippen LogP contribution in [0.15, 0.2) is 36.4 Å². The first-order chi connectivity index (χ1) is 12.9. The minimum absolute atomic E-state index is 0.198. The fourth-order valence-corrected chi connectivity index (χ4v) is 4.23. The maximum absolute atomic E-state index is 14.7. The molecule has 0 spiro atoms. The molecule has 146 valence electrons. The van der Waals surface area contributed by atoms with Crippen LogP contribution < -0.4 is 4.74 Å². The number of ether oxygens (including phenoxy) is 1. The third-order valence-corrected chi connectivity index (χ3v) is 5.76. The molecule has 1 fully saturated rings. The number of likely N-dealkylation sites (tertiary alicyclic amines) is 1. The number of hydrogen-bond acceptors (Lipinski definition) is 2. The van der Waals surface area contributed by atoms with E-state index in [1.807, 2.05) is 6.07 Å². The minimum Gasteiger partial charge on any atom is -0.497 e. The topological polar surface area (TPSA) is 12.5 Å². The lowest BCUT2D eigenvalue weighted by Gasteiger charge is -2.27. The molecule has 0 N–H and O–H groups in total. The van der Waals surface area contributed by atoms with Gasteiger partial charge in [-0.2, -0.15) is 0 Å². The largest absolute Gasteiger partial charge is 0.497 e. The van der Waals surface area contributed by atoms with Crippen molar-refractivity contribution in [1.82, 2.24) is 4.90 Å². The predicted molar refractivity (Wildman–Crippen MR) is 111 cm³/mol. The summed E-state index contributed by atoms with van der Waals surface area (Å²) in [6, 6.07) is 12.6. The Morgan fingerprint density at radius 1 is 1.04 bits per heavy atom. The second-order valence-corrected chi connectivity index (χ2v) is 8.38. The molecule has 2 atom stereocenters. The highest BCUT2D eigenvalue weighted by atomic mass is 19.1. The lowest BCUT2D eigenvalue weighted by atomic mass is 9.93. The fraction of sp³-hybridized carbons (Fsp3) is 0.500. The molecule has 2 nitrogen and oxygen atoms in total. The summed E-state index contributed by atoms with van der Waals surface area (Å²) in [5.41, 5.74) is 4.14. The van der Waals surface area contributed by atoms with Gasteiger partial charge in [-0.05, 0) is 73.9 Å². The van der Waals surface area contributed by atoms with Gasteiger partial charge >= 0.3 is 0 Å². The lowest BCUT2D eigenvalue weighted by molar-refractivity contribution is 0.205. The van der Waals surface area contributed by atoms with Gasteiger partial charge in [0.25, 0.3) is 0 Å². The highest BCUT2D eigenvalue weighted by molar-refractivity contribution is 5.70. The summed E-state index contributed by atoms with van der Waals surface area (Å²) in [7, 11) is 1.62. The Kier molecular flexibility index (Phi) is 6.21. The normalized spacial score (nSPS) is 20.4. The monoisotopic (exact) mass is 369 g/mol. The Morgan fingerprint density at radius 3 is 2.37 bits per heavy atom. The van der Waals surface area contributed by atoms with Crippen molar-refractivity contribution in [2.24, 2.45) is 5.92 Å². The number of rotatable bonds is 6. The standard InChI is InChI=1S/C24H32FNO/c1-16(2)12-19-8-10-22(23-14-21(27-5)9-11-24(23)25)20(13-19)15-26-17(3)6-7-18(26)4/h8-11,13-14,16-18H,6-7,12,15H2,1-5H3/t17-,18-/m1/s1. The van der Waals surface area contributed by atoms with E-state index in [1.54, 1.807) is 13.2 Å². The second-order valence-electron chi connectivity index (χ2n) is 8.38. The van der Waals surface area contributed by atoms with Gasteiger partial charge < -0.3 is 4.74 Å². The first-order valence-corrected chi connectivity index (χ1v) is 10.1. The molecule has 27 heavy (non-hydrogen) atoms. The van der Waals surface area contributed by atoms with Crippen molar-refractivity contribution >= 4 is 0 Å². The summed E-state index contributed by atoms with van der Waals surface area (Å²) in [4.78, 5) is 2.55. The maximum atomic E-state index is 14.7. The SMILES string of the molecule is COc1ccc(F)c(-c2ccc(CC(C)C)cc2CN2[C@H](C)CC[C@H]2C)c1. The van der Waals surface area contributed by atoms with E-state index >= 15 is 0 Å². The smallest absolute Gasteiger partial charge is 0.131 e. The average molecular weight is 370 g/mol. The van der Waals surface area contributed by atoms with Crippen LogP contribution in [-0.4, -0.2) is 24.1 Å². The molecular weight excluding hydrogens is 337 g/mol. The Bertz CT molecular complexity index is 776. The summed E-state index contributed by atoms with van der Waals surface area (Å²) in [5.74, 6) is 1.09. The van der Waals surface area contributed by atoms with E-state index in [-0.39, 0.29) is 5.82 Å². The van der Waals surface area contributed by atoms with Gasteiger partial charge in [-0.15, -0.1) is 0 Å². The molecule has 2 aromatic rings. The van der Waals surface area contributed by atoms with Gasteiger partial charge in [0.05, 0.1) is 7.11 Å². The highest BCUT2D eigenvalue weighted by Crippen LogP contribution is 2.34. The lowest BCUT2D eigenvalue weighted by Crippen LogP contribution is -2.32. The molecule has 3 heteroatoms. The van der Waals surface area contributed by atoms with Crippen LogP contribution in [0.3, 0.4) is 0 Å². The van der Waals surface area contributed by atoms with Crippen molar-refractivity contribution in [3.63, 3.8) is 0 Å². The maximum Gasteiger partial charge on any atom is 0.131 e. The van der Waals surface area contributed by atoms with Crippen LogP contribution in [0.2, 0.25) is 0 Å².